The van der Waals surface area contributed by atoms with E-state index in [0.717, 1.165) is 12.2 Å². The minimum Gasteiger partial charge on any atom is -0.480 e. The van der Waals surface area contributed by atoms with Crippen LogP contribution in [-0.4, -0.2) is 36.8 Å². The van der Waals surface area contributed by atoms with Crippen molar-refractivity contribution in [3.05, 3.63) is 29.3 Å². The van der Waals surface area contributed by atoms with Crippen LogP contribution in [0.15, 0.2) is 18.2 Å². The molecule has 0 saturated carbocycles. The van der Waals surface area contributed by atoms with Gasteiger partial charge in [-0.15, -0.1) is 0 Å². The highest BCUT2D eigenvalue weighted by Gasteiger charge is 2.24. The summed E-state index contributed by atoms with van der Waals surface area (Å²) in [5.74, 6) is -0.779. The maximum Gasteiger partial charge on any atom is 0.322 e. The topological polar surface area (TPSA) is 52.6 Å². The summed E-state index contributed by atoms with van der Waals surface area (Å²) in [5, 5.41) is 12.0. The van der Waals surface area contributed by atoms with E-state index in [9.17, 15) is 4.79 Å². The molecule has 1 aliphatic heterocycles. The van der Waals surface area contributed by atoms with Gasteiger partial charge in [-0.25, -0.2) is 0 Å². The van der Waals surface area contributed by atoms with E-state index in [4.69, 9.17) is 5.11 Å². The molecule has 0 spiro atoms. The van der Waals surface area contributed by atoms with E-state index in [1.54, 1.807) is 0 Å². The number of benzene rings is 1. The van der Waals surface area contributed by atoms with E-state index < -0.39 is 12.0 Å². The summed E-state index contributed by atoms with van der Waals surface area (Å²) in [5.41, 5.74) is 3.55. The average Bonchev–Trinajstić information content (AvgIpc) is 2.28. The summed E-state index contributed by atoms with van der Waals surface area (Å²) in [6, 6.07) is 5.87. The van der Waals surface area contributed by atoms with Gasteiger partial charge in [0.25, 0.3) is 0 Å². The van der Waals surface area contributed by atoms with E-state index in [-0.39, 0.29) is 0 Å². The van der Waals surface area contributed by atoms with Crippen LogP contribution in [0.5, 0.6) is 0 Å². The second-order valence-corrected chi connectivity index (χ2v) is 4.64. The highest BCUT2D eigenvalue weighted by molar-refractivity contribution is 5.75. The Morgan fingerprint density at radius 2 is 2.00 bits per heavy atom. The van der Waals surface area contributed by atoms with Gasteiger partial charge in [0.1, 0.15) is 6.04 Å². The zero-order valence-electron chi connectivity index (χ0n) is 10.2. The Morgan fingerprint density at radius 3 is 2.59 bits per heavy atom. The fraction of sp³-hybridized carbons (Fsp3) is 0.462. The van der Waals surface area contributed by atoms with E-state index in [2.05, 4.69) is 42.3 Å². The summed E-state index contributed by atoms with van der Waals surface area (Å²) < 4.78 is 0. The highest BCUT2D eigenvalue weighted by Crippen LogP contribution is 2.20. The molecule has 1 atom stereocenters. The second kappa shape index (κ2) is 4.75. The van der Waals surface area contributed by atoms with Gasteiger partial charge in [-0.3, -0.25) is 4.79 Å². The Balaban J connectivity index is 2.18. The quantitative estimate of drug-likeness (QED) is 0.806. The summed E-state index contributed by atoms with van der Waals surface area (Å²) in [6.07, 6.45) is 0. The van der Waals surface area contributed by atoms with Gasteiger partial charge in [0.05, 0.1) is 0 Å². The van der Waals surface area contributed by atoms with Crippen LogP contribution in [0.3, 0.4) is 0 Å². The number of aryl methyl sites for hydroxylation is 2. The van der Waals surface area contributed by atoms with Gasteiger partial charge >= 0.3 is 5.97 Å². The van der Waals surface area contributed by atoms with E-state index in [1.807, 2.05) is 0 Å². The SMILES string of the molecule is Cc1cc(C)cc(N2CCNC(C(=O)O)C2)c1. The Labute approximate surface area is 101 Å². The van der Waals surface area contributed by atoms with Crippen LogP contribution in [0.2, 0.25) is 0 Å². The lowest BCUT2D eigenvalue weighted by Gasteiger charge is -2.33. The molecule has 2 rings (SSSR count). The number of nitrogens with zero attached hydrogens (tertiary/aromatic N) is 1. The fourth-order valence-corrected chi connectivity index (χ4v) is 2.28. The summed E-state index contributed by atoms with van der Waals surface area (Å²) >= 11 is 0. The Bertz CT molecular complexity index is 411. The number of carboxylic acids is 1. The van der Waals surface area contributed by atoms with Crippen molar-refractivity contribution in [2.75, 3.05) is 24.5 Å². The van der Waals surface area contributed by atoms with Crippen LogP contribution >= 0.6 is 0 Å². The van der Waals surface area contributed by atoms with E-state index in [1.165, 1.54) is 11.1 Å². The minimum absolute atomic E-state index is 0.468. The average molecular weight is 234 g/mol. The number of hydrogen-bond acceptors (Lipinski definition) is 3. The lowest BCUT2D eigenvalue weighted by atomic mass is 10.1. The third-order valence-electron chi connectivity index (χ3n) is 3.05. The number of rotatable bonds is 2. The number of nitrogens with one attached hydrogen (secondary N) is 1. The predicted octanol–water partition coefficient (Wildman–Crippen LogP) is 1.17. The number of hydrogen-bond donors (Lipinski definition) is 2. The van der Waals surface area contributed by atoms with Gasteiger partial charge in [0.2, 0.25) is 0 Å². The van der Waals surface area contributed by atoms with E-state index >= 15 is 0 Å². The van der Waals surface area contributed by atoms with Crippen molar-refractivity contribution in [2.45, 2.75) is 19.9 Å². The number of aliphatic carboxylic acids is 1. The molecule has 0 bridgehead atoms. The molecule has 0 aromatic heterocycles. The van der Waals surface area contributed by atoms with E-state index in [0.29, 0.717) is 13.1 Å². The molecule has 1 aliphatic rings. The predicted molar refractivity (Wildman–Crippen MR) is 67.6 cm³/mol. The molecular weight excluding hydrogens is 216 g/mol. The maximum atomic E-state index is 11.0. The van der Waals surface area contributed by atoms with Crippen molar-refractivity contribution in [1.29, 1.82) is 0 Å². The van der Waals surface area contributed by atoms with Gasteiger partial charge < -0.3 is 15.3 Å². The largest absolute Gasteiger partial charge is 0.480 e. The first kappa shape index (κ1) is 11.9. The highest BCUT2D eigenvalue weighted by atomic mass is 16.4. The molecule has 4 heteroatoms. The first-order valence-electron chi connectivity index (χ1n) is 5.85. The zero-order chi connectivity index (χ0) is 12.4. The van der Waals surface area contributed by atoms with Crippen molar-refractivity contribution in [3.8, 4) is 0 Å². The molecule has 2 N–H and O–H groups in total. The lowest BCUT2D eigenvalue weighted by Crippen LogP contribution is -2.54. The Morgan fingerprint density at radius 1 is 1.35 bits per heavy atom. The summed E-state index contributed by atoms with van der Waals surface area (Å²) in [7, 11) is 0. The first-order chi connectivity index (χ1) is 8.06. The lowest BCUT2D eigenvalue weighted by molar-refractivity contribution is -0.139. The van der Waals surface area contributed by atoms with Gasteiger partial charge in [-0.05, 0) is 37.1 Å². The smallest absolute Gasteiger partial charge is 0.322 e. The molecule has 0 amide bonds. The van der Waals surface area contributed by atoms with Gasteiger partial charge in [-0.2, -0.15) is 0 Å². The van der Waals surface area contributed by atoms with Crippen LogP contribution in [0.1, 0.15) is 11.1 Å². The molecule has 0 aliphatic carbocycles. The molecule has 92 valence electrons. The van der Waals surface area contributed by atoms with Crippen LogP contribution in [0.4, 0.5) is 5.69 Å². The van der Waals surface area contributed by atoms with Crippen molar-refractivity contribution >= 4 is 11.7 Å². The van der Waals surface area contributed by atoms with Gasteiger partial charge in [0.15, 0.2) is 0 Å². The van der Waals surface area contributed by atoms with Crippen LogP contribution in [0.25, 0.3) is 0 Å². The molecule has 1 saturated heterocycles. The number of anilines is 1. The Kier molecular flexibility index (Phi) is 3.33. The standard InChI is InChI=1S/C13H18N2O2/c1-9-5-10(2)7-11(6-9)15-4-3-14-12(8-15)13(16)17/h5-7,12,14H,3-4,8H2,1-2H3,(H,16,17). The number of piperazine rings is 1. The molecule has 17 heavy (non-hydrogen) atoms. The van der Waals surface area contributed by atoms with Crippen molar-refractivity contribution in [1.82, 2.24) is 5.32 Å². The molecule has 1 unspecified atom stereocenters. The maximum absolute atomic E-state index is 11.0. The molecule has 0 radical (unpaired) electrons. The summed E-state index contributed by atoms with van der Waals surface area (Å²) in [6.45, 7) is 6.22. The van der Waals surface area contributed by atoms with Crippen molar-refractivity contribution in [3.63, 3.8) is 0 Å². The Hall–Kier alpha value is -1.55. The third kappa shape index (κ3) is 2.77. The van der Waals surface area contributed by atoms with Gasteiger partial charge in [0, 0.05) is 25.3 Å². The first-order valence-corrected chi connectivity index (χ1v) is 5.85. The van der Waals surface area contributed by atoms with Crippen molar-refractivity contribution in [2.24, 2.45) is 0 Å². The zero-order valence-corrected chi connectivity index (χ0v) is 10.2. The van der Waals surface area contributed by atoms with Crippen LogP contribution in [0, 0.1) is 13.8 Å². The molecule has 1 aromatic rings. The van der Waals surface area contributed by atoms with Crippen LogP contribution in [-0.2, 0) is 4.79 Å². The van der Waals surface area contributed by atoms with Crippen LogP contribution < -0.4 is 10.2 Å². The number of carboxylic acid groups (broad SMARTS) is 1. The normalized spacial score (nSPS) is 20.4. The third-order valence-corrected chi connectivity index (χ3v) is 3.05. The molecular formula is C13H18N2O2. The number of carbonyl (C=O) groups is 1. The van der Waals surface area contributed by atoms with Gasteiger partial charge in [-0.1, -0.05) is 6.07 Å². The fourth-order valence-electron chi connectivity index (χ4n) is 2.28. The monoisotopic (exact) mass is 234 g/mol. The minimum atomic E-state index is -0.779. The molecule has 4 nitrogen and oxygen atoms in total. The second-order valence-electron chi connectivity index (χ2n) is 4.64. The van der Waals surface area contributed by atoms with Crippen molar-refractivity contribution < 1.29 is 9.90 Å². The summed E-state index contributed by atoms with van der Waals surface area (Å²) in [4.78, 5) is 13.1. The molecule has 1 aromatic carbocycles. The molecule has 1 heterocycles. The molecule has 1 fully saturated rings.